The van der Waals surface area contributed by atoms with Crippen molar-refractivity contribution in [1.82, 2.24) is 9.55 Å². The minimum absolute atomic E-state index is 0.0284. The Balaban J connectivity index is 1.90. The van der Waals surface area contributed by atoms with E-state index in [4.69, 9.17) is 21.1 Å². The highest BCUT2D eigenvalue weighted by molar-refractivity contribution is 6.30. The van der Waals surface area contributed by atoms with Gasteiger partial charge in [0.05, 0.1) is 20.3 Å². The van der Waals surface area contributed by atoms with Crippen LogP contribution in [0.3, 0.4) is 0 Å². The number of methoxy groups -OCH3 is 1. The molecule has 0 spiro atoms. The molecule has 1 heterocycles. The number of ether oxygens (including phenoxy) is 2. The Bertz CT molecular complexity index is 1010. The van der Waals surface area contributed by atoms with Crippen LogP contribution >= 0.6 is 11.6 Å². The van der Waals surface area contributed by atoms with E-state index in [9.17, 15) is 18.9 Å². The van der Waals surface area contributed by atoms with Crippen LogP contribution in [0.15, 0.2) is 48.7 Å². The van der Waals surface area contributed by atoms with Gasteiger partial charge in [-0.05, 0) is 28.7 Å². The van der Waals surface area contributed by atoms with Crippen LogP contribution < -0.4 is 4.74 Å². The number of rotatable bonds is 8. The molecule has 1 atom stereocenters. The van der Waals surface area contributed by atoms with Gasteiger partial charge >= 0.3 is 11.8 Å². The van der Waals surface area contributed by atoms with Crippen molar-refractivity contribution in [2.24, 2.45) is 0 Å². The fourth-order valence-corrected chi connectivity index (χ4v) is 2.85. The second-order valence-electron chi connectivity index (χ2n) is 6.09. The quantitative estimate of drug-likeness (QED) is 0.388. The molecule has 0 bridgehead atoms. The van der Waals surface area contributed by atoms with Crippen LogP contribution in [0.4, 0.5) is 14.6 Å². The second-order valence-corrected chi connectivity index (χ2v) is 6.52. The van der Waals surface area contributed by atoms with Crippen molar-refractivity contribution in [3.8, 4) is 6.01 Å². The maximum Gasteiger partial charge on any atom is 0.414 e. The number of hydrogen-bond donors (Lipinski definition) is 0. The third-order valence-corrected chi connectivity index (χ3v) is 4.39. The molecule has 152 valence electrons. The van der Waals surface area contributed by atoms with E-state index in [1.165, 1.54) is 23.9 Å². The van der Waals surface area contributed by atoms with Gasteiger partial charge in [-0.3, -0.25) is 4.57 Å². The standard InChI is InChI=1S/C19H16ClF2N3O4/c1-28-19-23-18(25(26)27)10-24(19)9-17(15-7-6-14(21)8-16(15)22)29-11-12-2-4-13(20)5-3-12/h2-8,10,17H,9,11H2,1H3. The lowest BCUT2D eigenvalue weighted by molar-refractivity contribution is -0.389. The van der Waals surface area contributed by atoms with Gasteiger partial charge in [0.15, 0.2) is 0 Å². The Morgan fingerprint density at radius 3 is 2.59 bits per heavy atom. The summed E-state index contributed by atoms with van der Waals surface area (Å²) >= 11 is 5.87. The van der Waals surface area contributed by atoms with Crippen LogP contribution in [0.1, 0.15) is 17.2 Å². The van der Waals surface area contributed by atoms with Crippen LogP contribution in [0.5, 0.6) is 6.01 Å². The third-order valence-electron chi connectivity index (χ3n) is 4.13. The van der Waals surface area contributed by atoms with Crippen molar-refractivity contribution < 1.29 is 23.2 Å². The smallest absolute Gasteiger partial charge is 0.414 e. The summed E-state index contributed by atoms with van der Waals surface area (Å²) in [4.78, 5) is 14.1. The van der Waals surface area contributed by atoms with Crippen LogP contribution in [0, 0.1) is 21.7 Å². The van der Waals surface area contributed by atoms with E-state index < -0.39 is 28.5 Å². The maximum atomic E-state index is 14.4. The number of halogens is 3. The van der Waals surface area contributed by atoms with Gasteiger partial charge in [0, 0.05) is 21.6 Å². The summed E-state index contributed by atoms with van der Waals surface area (Å²) in [6.07, 6.45) is 0.271. The van der Waals surface area contributed by atoms with Crippen molar-refractivity contribution in [3.05, 3.63) is 86.6 Å². The molecule has 0 aliphatic carbocycles. The molecule has 0 fully saturated rings. The fourth-order valence-electron chi connectivity index (χ4n) is 2.73. The van der Waals surface area contributed by atoms with Gasteiger partial charge in [0.1, 0.15) is 23.9 Å². The van der Waals surface area contributed by atoms with Gasteiger partial charge in [-0.25, -0.2) is 8.78 Å². The van der Waals surface area contributed by atoms with E-state index in [1.54, 1.807) is 24.3 Å². The zero-order valence-corrected chi connectivity index (χ0v) is 16.0. The molecular formula is C19H16ClF2N3O4. The molecule has 0 amide bonds. The Labute approximate surface area is 169 Å². The highest BCUT2D eigenvalue weighted by atomic mass is 35.5. The first kappa shape index (κ1) is 20.7. The first-order valence-electron chi connectivity index (χ1n) is 8.44. The van der Waals surface area contributed by atoms with Crippen LogP contribution in [0.25, 0.3) is 0 Å². The van der Waals surface area contributed by atoms with E-state index in [-0.39, 0.29) is 24.7 Å². The lowest BCUT2D eigenvalue weighted by Gasteiger charge is -2.20. The van der Waals surface area contributed by atoms with E-state index in [0.29, 0.717) is 5.02 Å². The first-order valence-corrected chi connectivity index (χ1v) is 8.81. The summed E-state index contributed by atoms with van der Waals surface area (Å²) in [7, 11) is 1.31. The molecule has 2 aromatic carbocycles. The summed E-state index contributed by atoms with van der Waals surface area (Å²) in [6.45, 7) is 0.0674. The summed E-state index contributed by atoms with van der Waals surface area (Å²) < 4.78 is 40.0. The molecule has 0 aliphatic heterocycles. The highest BCUT2D eigenvalue weighted by Crippen LogP contribution is 2.28. The molecule has 0 saturated carbocycles. The number of hydrogen-bond acceptors (Lipinski definition) is 5. The fraction of sp³-hybridized carbons (Fsp3) is 0.211. The largest absolute Gasteiger partial charge is 0.449 e. The molecule has 0 radical (unpaired) electrons. The molecule has 0 saturated heterocycles. The van der Waals surface area contributed by atoms with Crippen molar-refractivity contribution in [3.63, 3.8) is 0 Å². The zero-order chi connectivity index (χ0) is 21.0. The van der Waals surface area contributed by atoms with E-state index in [0.717, 1.165) is 17.7 Å². The molecular weight excluding hydrogens is 408 g/mol. The minimum atomic E-state index is -0.894. The van der Waals surface area contributed by atoms with Gasteiger partial charge in [-0.15, -0.1) is 0 Å². The van der Waals surface area contributed by atoms with Gasteiger partial charge < -0.3 is 19.6 Å². The number of nitrogens with zero attached hydrogens (tertiary/aromatic N) is 3. The number of aromatic nitrogens is 2. The van der Waals surface area contributed by atoms with Gasteiger partial charge in [0.25, 0.3) is 0 Å². The summed E-state index contributed by atoms with van der Waals surface area (Å²) in [5.41, 5.74) is 0.879. The first-order chi connectivity index (χ1) is 13.9. The molecule has 10 heteroatoms. The SMILES string of the molecule is COc1nc([N+](=O)[O-])cn1CC(OCc1ccc(Cl)cc1)c1ccc(F)cc1F. The normalized spacial score (nSPS) is 12.0. The monoisotopic (exact) mass is 423 g/mol. The molecule has 1 aromatic heterocycles. The van der Waals surface area contributed by atoms with Gasteiger partial charge in [0.2, 0.25) is 0 Å². The predicted octanol–water partition coefficient (Wildman–Crippen LogP) is 4.69. The lowest BCUT2D eigenvalue weighted by Crippen LogP contribution is -2.15. The Hall–Kier alpha value is -3.04. The highest BCUT2D eigenvalue weighted by Gasteiger charge is 2.25. The molecule has 3 rings (SSSR count). The molecule has 0 N–H and O–H groups in total. The minimum Gasteiger partial charge on any atom is -0.449 e. The molecule has 1 unspecified atom stereocenters. The van der Waals surface area contributed by atoms with Crippen LogP contribution in [-0.4, -0.2) is 21.6 Å². The van der Waals surface area contributed by atoms with E-state index in [2.05, 4.69) is 4.98 Å². The summed E-state index contributed by atoms with van der Waals surface area (Å²) in [5.74, 6) is -1.93. The number of imidazole rings is 1. The third kappa shape index (κ3) is 5.07. The number of nitro groups is 1. The van der Waals surface area contributed by atoms with Crippen molar-refractivity contribution in [1.29, 1.82) is 0 Å². The van der Waals surface area contributed by atoms with E-state index in [1.807, 2.05) is 0 Å². The second kappa shape index (κ2) is 8.97. The van der Waals surface area contributed by atoms with Crippen molar-refractivity contribution >= 4 is 17.4 Å². The van der Waals surface area contributed by atoms with Crippen molar-refractivity contribution in [2.75, 3.05) is 7.11 Å². The lowest BCUT2D eigenvalue weighted by atomic mass is 10.1. The zero-order valence-electron chi connectivity index (χ0n) is 15.2. The maximum absolute atomic E-state index is 14.4. The number of benzene rings is 2. The Morgan fingerprint density at radius 1 is 1.24 bits per heavy atom. The molecule has 7 nitrogen and oxygen atoms in total. The van der Waals surface area contributed by atoms with Gasteiger partial charge in [-0.1, -0.05) is 29.8 Å². The predicted molar refractivity (Wildman–Crippen MR) is 101 cm³/mol. The van der Waals surface area contributed by atoms with Crippen LogP contribution in [-0.2, 0) is 17.9 Å². The Morgan fingerprint density at radius 2 is 1.97 bits per heavy atom. The summed E-state index contributed by atoms with van der Waals surface area (Å²) in [6, 6.07) is 10.00. The summed E-state index contributed by atoms with van der Waals surface area (Å²) in [5, 5.41) is 11.6. The molecule has 29 heavy (non-hydrogen) atoms. The topological polar surface area (TPSA) is 79.4 Å². The average Bonchev–Trinajstić information content (AvgIpc) is 3.10. The van der Waals surface area contributed by atoms with Crippen LogP contribution in [0.2, 0.25) is 5.02 Å². The van der Waals surface area contributed by atoms with E-state index >= 15 is 0 Å². The van der Waals surface area contributed by atoms with Crippen molar-refractivity contribution in [2.45, 2.75) is 19.3 Å². The average molecular weight is 424 g/mol. The van der Waals surface area contributed by atoms with Gasteiger partial charge in [-0.2, -0.15) is 0 Å². The molecule has 3 aromatic rings. The molecule has 0 aliphatic rings. The Kier molecular flexibility index (Phi) is 6.40.